The molecule has 0 unspecified atom stereocenters. The molecule has 0 saturated heterocycles. The number of aromatic amines is 1. The van der Waals surface area contributed by atoms with Gasteiger partial charge in [0, 0.05) is 7.11 Å². The lowest BCUT2D eigenvalue weighted by atomic mass is 10.3. The summed E-state index contributed by atoms with van der Waals surface area (Å²) < 4.78 is 11.5. The lowest BCUT2D eigenvalue weighted by Crippen LogP contribution is -2.06. The zero-order chi connectivity index (χ0) is 12.3. The van der Waals surface area contributed by atoms with Crippen LogP contribution in [-0.2, 0) is 17.7 Å². The van der Waals surface area contributed by atoms with Crippen LogP contribution in [0.1, 0.15) is 12.6 Å². The molecule has 0 atom stereocenters. The largest absolute Gasteiger partial charge is 0.383 e. The van der Waals surface area contributed by atoms with Crippen molar-refractivity contribution in [1.82, 2.24) is 24.4 Å². The number of methoxy groups -OCH3 is 1. The van der Waals surface area contributed by atoms with Crippen LogP contribution in [0.3, 0.4) is 0 Å². The molecule has 0 radical (unpaired) electrons. The molecule has 8 heteroatoms. The smallest absolute Gasteiger partial charge is 0.195 e. The SMILES string of the molecule is CCc1nnsc1-c1n[nH]c(=S)n1CCOC. The van der Waals surface area contributed by atoms with Gasteiger partial charge in [0.25, 0.3) is 0 Å². The molecule has 0 bridgehead atoms. The maximum atomic E-state index is 5.19. The summed E-state index contributed by atoms with van der Waals surface area (Å²) in [7, 11) is 1.66. The summed E-state index contributed by atoms with van der Waals surface area (Å²) >= 11 is 6.53. The Kier molecular flexibility index (Phi) is 3.97. The minimum absolute atomic E-state index is 0.590. The molecule has 0 aliphatic rings. The molecule has 0 saturated carbocycles. The van der Waals surface area contributed by atoms with Crippen molar-refractivity contribution in [3.8, 4) is 10.7 Å². The van der Waals surface area contributed by atoms with Gasteiger partial charge in [-0.3, -0.25) is 9.67 Å². The summed E-state index contributed by atoms with van der Waals surface area (Å²) in [4.78, 5) is 0.968. The Balaban J connectivity index is 2.42. The predicted octanol–water partition coefficient (Wildman–Crippen LogP) is 1.67. The molecule has 2 heterocycles. The summed E-state index contributed by atoms with van der Waals surface area (Å²) in [6.07, 6.45) is 0.829. The fraction of sp³-hybridized carbons (Fsp3) is 0.556. The molecular formula is C9H13N5OS2. The van der Waals surface area contributed by atoms with Crippen LogP contribution in [0.25, 0.3) is 10.7 Å². The monoisotopic (exact) mass is 271 g/mol. The average Bonchev–Trinajstić information content (AvgIpc) is 2.92. The van der Waals surface area contributed by atoms with Gasteiger partial charge in [-0.15, -0.1) is 5.10 Å². The van der Waals surface area contributed by atoms with E-state index in [0.29, 0.717) is 17.9 Å². The number of hydrogen-bond donors (Lipinski definition) is 1. The summed E-state index contributed by atoms with van der Waals surface area (Å²) in [5.74, 6) is 0.791. The molecule has 1 N–H and O–H groups in total. The van der Waals surface area contributed by atoms with Gasteiger partial charge in [0.15, 0.2) is 10.6 Å². The molecule has 0 fully saturated rings. The van der Waals surface area contributed by atoms with Crippen molar-refractivity contribution in [2.75, 3.05) is 13.7 Å². The maximum Gasteiger partial charge on any atom is 0.195 e. The van der Waals surface area contributed by atoms with Gasteiger partial charge in [-0.25, -0.2) is 0 Å². The molecule has 0 amide bonds. The summed E-state index contributed by atoms with van der Waals surface area (Å²) in [5, 5.41) is 11.1. The van der Waals surface area contributed by atoms with Crippen LogP contribution in [0.2, 0.25) is 0 Å². The van der Waals surface area contributed by atoms with E-state index in [-0.39, 0.29) is 0 Å². The van der Waals surface area contributed by atoms with Crippen molar-refractivity contribution >= 4 is 23.8 Å². The highest BCUT2D eigenvalue weighted by Crippen LogP contribution is 2.24. The number of nitrogens with zero attached hydrogens (tertiary/aromatic N) is 4. The Morgan fingerprint density at radius 3 is 3.06 bits per heavy atom. The van der Waals surface area contributed by atoms with Crippen LogP contribution in [0.4, 0.5) is 0 Å². The van der Waals surface area contributed by atoms with Gasteiger partial charge < -0.3 is 4.74 Å². The Labute approximate surface area is 108 Å². The van der Waals surface area contributed by atoms with Crippen LogP contribution in [-0.4, -0.2) is 38.1 Å². The van der Waals surface area contributed by atoms with Gasteiger partial charge in [-0.05, 0) is 30.2 Å². The van der Waals surface area contributed by atoms with E-state index in [9.17, 15) is 0 Å². The van der Waals surface area contributed by atoms with Gasteiger partial charge in [0.1, 0.15) is 4.88 Å². The molecule has 92 valence electrons. The number of nitrogens with one attached hydrogen (secondary N) is 1. The van der Waals surface area contributed by atoms with Gasteiger partial charge in [-0.2, -0.15) is 5.10 Å². The van der Waals surface area contributed by atoms with Crippen LogP contribution in [0.5, 0.6) is 0 Å². The highest BCUT2D eigenvalue weighted by atomic mass is 32.1. The molecule has 2 aromatic rings. The van der Waals surface area contributed by atoms with E-state index in [2.05, 4.69) is 19.8 Å². The quantitative estimate of drug-likeness (QED) is 0.838. The zero-order valence-electron chi connectivity index (χ0n) is 9.63. The molecule has 0 spiro atoms. The molecule has 17 heavy (non-hydrogen) atoms. The lowest BCUT2D eigenvalue weighted by Gasteiger charge is -2.04. The first kappa shape index (κ1) is 12.3. The Hall–Kier alpha value is -1.12. The molecule has 0 aromatic carbocycles. The molecule has 0 aliphatic carbocycles. The molecular weight excluding hydrogens is 258 g/mol. The van der Waals surface area contributed by atoms with E-state index in [0.717, 1.165) is 22.8 Å². The van der Waals surface area contributed by atoms with E-state index in [1.807, 2.05) is 11.5 Å². The molecule has 0 aliphatic heterocycles. The number of H-pyrrole nitrogens is 1. The maximum absolute atomic E-state index is 5.19. The average molecular weight is 271 g/mol. The number of hydrogen-bond acceptors (Lipinski definition) is 6. The van der Waals surface area contributed by atoms with Crippen molar-refractivity contribution in [2.45, 2.75) is 19.9 Å². The van der Waals surface area contributed by atoms with Crippen LogP contribution in [0.15, 0.2) is 0 Å². The standard InChI is InChI=1S/C9H13N5OS2/c1-3-6-7(17-13-10-6)8-11-12-9(16)14(8)4-5-15-2/h3-5H2,1-2H3,(H,12,16). The van der Waals surface area contributed by atoms with E-state index < -0.39 is 0 Å². The van der Waals surface area contributed by atoms with Gasteiger partial charge >= 0.3 is 0 Å². The van der Waals surface area contributed by atoms with E-state index in [4.69, 9.17) is 17.0 Å². The first-order valence-electron chi connectivity index (χ1n) is 5.23. The Bertz CT molecular complexity index is 544. The summed E-state index contributed by atoms with van der Waals surface area (Å²) in [6.45, 7) is 3.30. The van der Waals surface area contributed by atoms with E-state index in [1.165, 1.54) is 11.5 Å². The number of ether oxygens (including phenoxy) is 1. The fourth-order valence-corrected chi connectivity index (χ4v) is 2.46. The topological polar surface area (TPSA) is 68.6 Å². The second-order valence-corrected chi connectivity index (χ2v) is 4.54. The molecule has 2 rings (SSSR count). The Morgan fingerprint density at radius 2 is 2.35 bits per heavy atom. The van der Waals surface area contributed by atoms with Crippen molar-refractivity contribution in [2.24, 2.45) is 0 Å². The minimum atomic E-state index is 0.590. The molecule has 6 nitrogen and oxygen atoms in total. The van der Waals surface area contributed by atoms with Gasteiger partial charge in [0.2, 0.25) is 0 Å². The van der Waals surface area contributed by atoms with Gasteiger partial charge in [0.05, 0.1) is 18.8 Å². The van der Waals surface area contributed by atoms with Crippen molar-refractivity contribution in [1.29, 1.82) is 0 Å². The first-order valence-corrected chi connectivity index (χ1v) is 6.41. The third-order valence-corrected chi connectivity index (χ3v) is 3.45. The number of aryl methyl sites for hydroxylation is 1. The first-order chi connectivity index (χ1) is 8.27. The minimum Gasteiger partial charge on any atom is -0.383 e. The number of rotatable bonds is 5. The second kappa shape index (κ2) is 5.48. The third-order valence-electron chi connectivity index (χ3n) is 2.37. The van der Waals surface area contributed by atoms with Crippen molar-refractivity contribution < 1.29 is 4.74 Å². The highest BCUT2D eigenvalue weighted by Gasteiger charge is 2.15. The lowest BCUT2D eigenvalue weighted by molar-refractivity contribution is 0.187. The van der Waals surface area contributed by atoms with E-state index >= 15 is 0 Å². The zero-order valence-corrected chi connectivity index (χ0v) is 11.3. The summed E-state index contributed by atoms with van der Waals surface area (Å²) in [5.41, 5.74) is 0.947. The van der Waals surface area contributed by atoms with Crippen LogP contribution >= 0.6 is 23.8 Å². The Morgan fingerprint density at radius 1 is 1.53 bits per heavy atom. The number of aromatic nitrogens is 5. The van der Waals surface area contributed by atoms with Crippen LogP contribution in [0, 0.1) is 4.77 Å². The highest BCUT2D eigenvalue weighted by molar-refractivity contribution is 7.71. The third kappa shape index (κ3) is 2.43. The fourth-order valence-electron chi connectivity index (χ4n) is 1.49. The van der Waals surface area contributed by atoms with Crippen LogP contribution < -0.4 is 0 Å². The predicted molar refractivity (Wildman–Crippen MR) is 67.6 cm³/mol. The van der Waals surface area contributed by atoms with Gasteiger partial charge in [-0.1, -0.05) is 11.4 Å². The normalized spacial score (nSPS) is 10.9. The van der Waals surface area contributed by atoms with Crippen molar-refractivity contribution in [3.05, 3.63) is 10.5 Å². The second-order valence-electron chi connectivity index (χ2n) is 3.40. The van der Waals surface area contributed by atoms with Crippen molar-refractivity contribution in [3.63, 3.8) is 0 Å². The molecule has 2 aromatic heterocycles. The summed E-state index contributed by atoms with van der Waals surface area (Å²) in [6, 6.07) is 0. The van der Waals surface area contributed by atoms with E-state index in [1.54, 1.807) is 7.11 Å².